The average Bonchev–Trinajstić information content (AvgIpc) is 3.35. The first kappa shape index (κ1) is 18.3. The lowest BCUT2D eigenvalue weighted by molar-refractivity contribution is -0.117. The Morgan fingerprint density at radius 2 is 2.00 bits per heavy atom. The first-order chi connectivity index (χ1) is 13.1. The minimum atomic E-state index is -0.484. The Bertz CT molecular complexity index is 906. The zero-order valence-corrected chi connectivity index (χ0v) is 15.4. The molecule has 27 heavy (non-hydrogen) atoms. The SMILES string of the molecule is COc1cc(OC)cc(C(NC(=O)/C=C/c2ccco2)c2nccn2C)c1. The lowest BCUT2D eigenvalue weighted by atomic mass is 10.0. The van der Waals surface area contributed by atoms with E-state index in [1.165, 1.54) is 6.08 Å². The number of nitrogens with one attached hydrogen (secondary N) is 1. The zero-order valence-electron chi connectivity index (χ0n) is 15.4. The van der Waals surface area contributed by atoms with Gasteiger partial charge in [0, 0.05) is 31.6 Å². The number of rotatable bonds is 7. The van der Waals surface area contributed by atoms with Crippen molar-refractivity contribution in [2.45, 2.75) is 6.04 Å². The molecule has 0 saturated carbocycles. The van der Waals surface area contributed by atoms with E-state index in [1.54, 1.807) is 51.0 Å². The number of ether oxygens (including phenoxy) is 2. The highest BCUT2D eigenvalue weighted by molar-refractivity contribution is 5.91. The second-order valence-corrected chi connectivity index (χ2v) is 5.83. The molecule has 0 aliphatic heterocycles. The Morgan fingerprint density at radius 1 is 1.26 bits per heavy atom. The summed E-state index contributed by atoms with van der Waals surface area (Å²) in [6.07, 6.45) is 8.09. The number of hydrogen-bond donors (Lipinski definition) is 1. The van der Waals surface area contributed by atoms with Crippen molar-refractivity contribution in [2.24, 2.45) is 7.05 Å². The summed E-state index contributed by atoms with van der Waals surface area (Å²) in [5.41, 5.74) is 0.792. The van der Waals surface area contributed by atoms with E-state index in [0.29, 0.717) is 23.1 Å². The van der Waals surface area contributed by atoms with E-state index in [-0.39, 0.29) is 5.91 Å². The summed E-state index contributed by atoms with van der Waals surface area (Å²) in [7, 11) is 5.04. The van der Waals surface area contributed by atoms with E-state index in [1.807, 2.05) is 29.9 Å². The second kappa shape index (κ2) is 8.27. The van der Waals surface area contributed by atoms with Gasteiger partial charge < -0.3 is 23.8 Å². The number of aromatic nitrogens is 2. The molecule has 0 spiro atoms. The maximum Gasteiger partial charge on any atom is 0.244 e. The smallest absolute Gasteiger partial charge is 0.244 e. The summed E-state index contributed by atoms with van der Waals surface area (Å²) in [6, 6.07) is 8.51. The number of carbonyl (C=O) groups is 1. The van der Waals surface area contributed by atoms with Gasteiger partial charge in [-0.3, -0.25) is 4.79 Å². The summed E-state index contributed by atoms with van der Waals surface area (Å²) in [5.74, 6) is 2.26. The normalized spacial score (nSPS) is 12.1. The minimum absolute atomic E-state index is 0.277. The molecule has 0 bridgehead atoms. The molecular formula is C20H21N3O4. The maximum atomic E-state index is 12.5. The van der Waals surface area contributed by atoms with Crippen molar-refractivity contribution in [1.82, 2.24) is 14.9 Å². The minimum Gasteiger partial charge on any atom is -0.497 e. The molecule has 1 amide bonds. The molecule has 0 aliphatic rings. The van der Waals surface area contributed by atoms with E-state index < -0.39 is 6.04 Å². The molecule has 1 atom stereocenters. The fourth-order valence-electron chi connectivity index (χ4n) is 2.68. The van der Waals surface area contributed by atoms with Crippen LogP contribution in [0.2, 0.25) is 0 Å². The van der Waals surface area contributed by atoms with Crippen LogP contribution in [0.1, 0.15) is 23.2 Å². The molecule has 1 aromatic carbocycles. The predicted octanol–water partition coefficient (Wildman–Crippen LogP) is 2.95. The largest absolute Gasteiger partial charge is 0.497 e. The van der Waals surface area contributed by atoms with Crippen molar-refractivity contribution in [1.29, 1.82) is 0 Å². The van der Waals surface area contributed by atoms with Crippen molar-refractivity contribution < 1.29 is 18.7 Å². The van der Waals surface area contributed by atoms with Crippen molar-refractivity contribution in [2.75, 3.05) is 14.2 Å². The lowest BCUT2D eigenvalue weighted by Gasteiger charge is -2.20. The number of amides is 1. The van der Waals surface area contributed by atoms with Gasteiger partial charge in [0.2, 0.25) is 5.91 Å². The van der Waals surface area contributed by atoms with Crippen LogP contribution in [0.3, 0.4) is 0 Å². The average molecular weight is 367 g/mol. The number of hydrogen-bond acceptors (Lipinski definition) is 5. The summed E-state index contributed by atoms with van der Waals surface area (Å²) in [6.45, 7) is 0. The number of methoxy groups -OCH3 is 2. The van der Waals surface area contributed by atoms with Gasteiger partial charge in [-0.2, -0.15) is 0 Å². The van der Waals surface area contributed by atoms with Gasteiger partial charge in [-0.05, 0) is 35.9 Å². The Balaban J connectivity index is 1.92. The molecule has 2 heterocycles. The molecule has 1 unspecified atom stereocenters. The third-order valence-corrected chi connectivity index (χ3v) is 4.05. The number of furan rings is 1. The molecular weight excluding hydrogens is 346 g/mol. The van der Waals surface area contributed by atoms with Gasteiger partial charge in [-0.1, -0.05) is 0 Å². The summed E-state index contributed by atoms with van der Waals surface area (Å²) < 4.78 is 17.8. The van der Waals surface area contributed by atoms with Crippen molar-refractivity contribution >= 4 is 12.0 Å². The van der Waals surface area contributed by atoms with Gasteiger partial charge in [0.05, 0.1) is 20.5 Å². The van der Waals surface area contributed by atoms with E-state index in [2.05, 4.69) is 10.3 Å². The second-order valence-electron chi connectivity index (χ2n) is 5.83. The topological polar surface area (TPSA) is 78.5 Å². The molecule has 1 N–H and O–H groups in total. The Labute approximate surface area is 157 Å². The van der Waals surface area contributed by atoms with E-state index in [0.717, 1.165) is 5.56 Å². The molecule has 2 aromatic heterocycles. The fraction of sp³-hybridized carbons (Fsp3) is 0.200. The highest BCUT2D eigenvalue weighted by Gasteiger charge is 2.21. The molecule has 0 aliphatic carbocycles. The summed E-state index contributed by atoms with van der Waals surface area (Å²) in [4.78, 5) is 16.9. The molecule has 3 aromatic rings. The number of aryl methyl sites for hydroxylation is 1. The number of benzene rings is 1. The Morgan fingerprint density at radius 3 is 2.56 bits per heavy atom. The first-order valence-corrected chi connectivity index (χ1v) is 8.33. The highest BCUT2D eigenvalue weighted by Crippen LogP contribution is 2.29. The quantitative estimate of drug-likeness (QED) is 0.650. The molecule has 7 heteroatoms. The number of carbonyl (C=O) groups excluding carboxylic acids is 1. The third kappa shape index (κ3) is 4.38. The third-order valence-electron chi connectivity index (χ3n) is 4.05. The molecule has 0 fully saturated rings. The summed E-state index contributed by atoms with van der Waals surface area (Å²) >= 11 is 0. The van der Waals surface area contributed by atoms with Gasteiger partial charge in [-0.25, -0.2) is 4.98 Å². The maximum absolute atomic E-state index is 12.5. The molecule has 3 rings (SSSR count). The monoisotopic (exact) mass is 367 g/mol. The molecule has 7 nitrogen and oxygen atoms in total. The van der Waals surface area contributed by atoms with E-state index in [9.17, 15) is 4.79 Å². The van der Waals surface area contributed by atoms with E-state index in [4.69, 9.17) is 13.9 Å². The first-order valence-electron chi connectivity index (χ1n) is 8.33. The Kier molecular flexibility index (Phi) is 5.61. The molecule has 140 valence electrons. The van der Waals surface area contributed by atoms with Gasteiger partial charge in [0.15, 0.2) is 0 Å². The van der Waals surface area contributed by atoms with Gasteiger partial charge in [0.1, 0.15) is 29.1 Å². The predicted molar refractivity (Wildman–Crippen MR) is 100 cm³/mol. The fourth-order valence-corrected chi connectivity index (χ4v) is 2.68. The van der Waals surface area contributed by atoms with Crippen molar-refractivity contribution in [3.8, 4) is 11.5 Å². The standard InChI is InChI=1S/C20H21N3O4/c1-23-9-8-21-20(23)19(14-11-16(25-2)13-17(12-14)26-3)22-18(24)7-6-15-5-4-10-27-15/h4-13,19H,1-3H3,(H,22,24)/b7-6+. The number of nitrogens with zero attached hydrogens (tertiary/aromatic N) is 2. The number of imidazole rings is 1. The van der Waals surface area contributed by atoms with Crippen molar-refractivity contribution in [3.63, 3.8) is 0 Å². The molecule has 0 saturated heterocycles. The highest BCUT2D eigenvalue weighted by atomic mass is 16.5. The van der Waals surface area contributed by atoms with Crippen LogP contribution in [0.5, 0.6) is 11.5 Å². The van der Waals surface area contributed by atoms with Crippen LogP contribution in [0, 0.1) is 0 Å². The van der Waals surface area contributed by atoms with Crippen LogP contribution >= 0.6 is 0 Å². The van der Waals surface area contributed by atoms with Gasteiger partial charge >= 0.3 is 0 Å². The van der Waals surface area contributed by atoms with Crippen LogP contribution in [0.25, 0.3) is 6.08 Å². The van der Waals surface area contributed by atoms with Gasteiger partial charge in [-0.15, -0.1) is 0 Å². The Hall–Kier alpha value is -3.48. The van der Waals surface area contributed by atoms with Crippen LogP contribution in [0.15, 0.2) is 59.5 Å². The van der Waals surface area contributed by atoms with Crippen LogP contribution in [-0.2, 0) is 11.8 Å². The summed E-state index contributed by atoms with van der Waals surface area (Å²) in [5, 5.41) is 2.98. The van der Waals surface area contributed by atoms with E-state index >= 15 is 0 Å². The van der Waals surface area contributed by atoms with Crippen LogP contribution in [0.4, 0.5) is 0 Å². The lowest BCUT2D eigenvalue weighted by Crippen LogP contribution is -2.29. The van der Waals surface area contributed by atoms with Crippen molar-refractivity contribution in [3.05, 3.63) is 72.2 Å². The zero-order chi connectivity index (χ0) is 19.2. The van der Waals surface area contributed by atoms with Gasteiger partial charge in [0.25, 0.3) is 0 Å². The van der Waals surface area contributed by atoms with Crippen LogP contribution in [-0.4, -0.2) is 29.7 Å². The van der Waals surface area contributed by atoms with Crippen LogP contribution < -0.4 is 14.8 Å². The molecule has 0 radical (unpaired) electrons.